The van der Waals surface area contributed by atoms with Crippen LogP contribution in [0.1, 0.15) is 11.3 Å². The molecule has 9 heteroatoms. The predicted molar refractivity (Wildman–Crippen MR) is 111 cm³/mol. The van der Waals surface area contributed by atoms with Gasteiger partial charge in [-0.25, -0.2) is 4.98 Å². The molecule has 1 amide bonds. The maximum Gasteiger partial charge on any atom is 0.237 e. The first kappa shape index (κ1) is 17.4. The van der Waals surface area contributed by atoms with E-state index in [2.05, 4.69) is 21.2 Å². The number of thiazole rings is 1. The topological polar surface area (TPSA) is 68.3 Å². The maximum atomic E-state index is 12.8. The smallest absolute Gasteiger partial charge is 0.237 e. The Balaban J connectivity index is 1.36. The summed E-state index contributed by atoms with van der Waals surface area (Å²) < 4.78 is 3.97. The van der Waals surface area contributed by atoms with Crippen LogP contribution < -0.4 is 4.90 Å². The van der Waals surface area contributed by atoms with Crippen LogP contribution in [-0.4, -0.2) is 42.4 Å². The summed E-state index contributed by atoms with van der Waals surface area (Å²) in [4.78, 5) is 20.1. The SMILES string of the molecule is Cc1nc2sccn2c1-c1nnc(SCC(=O)N2CCc3ccccc32)n1C. The van der Waals surface area contributed by atoms with Gasteiger partial charge in [-0.05, 0) is 25.0 Å². The van der Waals surface area contributed by atoms with Crippen molar-refractivity contribution in [2.45, 2.75) is 18.5 Å². The highest BCUT2D eigenvalue weighted by Crippen LogP contribution is 2.30. The summed E-state index contributed by atoms with van der Waals surface area (Å²) in [6.07, 6.45) is 2.91. The number of aryl methyl sites for hydroxylation is 1. The van der Waals surface area contributed by atoms with E-state index in [-0.39, 0.29) is 5.91 Å². The van der Waals surface area contributed by atoms with E-state index in [4.69, 9.17) is 0 Å². The number of carbonyl (C=O) groups excluding carboxylic acids is 1. The second-order valence-electron chi connectivity index (χ2n) is 6.68. The van der Waals surface area contributed by atoms with Crippen molar-refractivity contribution in [1.29, 1.82) is 0 Å². The van der Waals surface area contributed by atoms with E-state index in [1.54, 1.807) is 11.3 Å². The van der Waals surface area contributed by atoms with Crippen molar-refractivity contribution in [2.24, 2.45) is 7.05 Å². The van der Waals surface area contributed by atoms with Crippen molar-refractivity contribution in [3.63, 3.8) is 0 Å². The van der Waals surface area contributed by atoms with Gasteiger partial charge in [-0.2, -0.15) is 0 Å². The van der Waals surface area contributed by atoms with E-state index >= 15 is 0 Å². The summed E-state index contributed by atoms with van der Waals surface area (Å²) in [7, 11) is 1.93. The number of anilines is 1. The van der Waals surface area contributed by atoms with Crippen molar-refractivity contribution in [2.75, 3.05) is 17.2 Å². The number of rotatable bonds is 4. The van der Waals surface area contributed by atoms with Gasteiger partial charge in [0, 0.05) is 30.9 Å². The second-order valence-corrected chi connectivity index (χ2v) is 8.49. The van der Waals surface area contributed by atoms with Crippen LogP contribution in [0.25, 0.3) is 16.5 Å². The third-order valence-electron chi connectivity index (χ3n) is 5.00. The first-order valence-corrected chi connectivity index (χ1v) is 10.8. The molecule has 28 heavy (non-hydrogen) atoms. The number of para-hydroxylation sites is 1. The molecular formula is C19H18N6OS2. The molecule has 4 aromatic rings. The third kappa shape index (κ3) is 2.73. The molecule has 4 heterocycles. The third-order valence-corrected chi connectivity index (χ3v) is 6.76. The highest BCUT2D eigenvalue weighted by atomic mass is 32.2. The Morgan fingerprint density at radius 1 is 1.29 bits per heavy atom. The Hall–Kier alpha value is -2.65. The molecule has 0 saturated carbocycles. The fourth-order valence-electron chi connectivity index (χ4n) is 3.61. The van der Waals surface area contributed by atoms with Crippen molar-refractivity contribution in [1.82, 2.24) is 24.1 Å². The highest BCUT2D eigenvalue weighted by molar-refractivity contribution is 7.99. The Morgan fingerprint density at radius 3 is 3.04 bits per heavy atom. The van der Waals surface area contributed by atoms with Crippen LogP contribution in [0.2, 0.25) is 0 Å². The fourth-order valence-corrected chi connectivity index (χ4v) is 5.16. The standard InChI is InChI=1S/C19H18N6OS2/c1-12-16(25-9-10-27-18(25)20-12)17-21-22-19(23(17)2)28-11-15(26)24-8-7-13-5-3-4-6-14(13)24/h3-6,9-10H,7-8,11H2,1-2H3. The van der Waals surface area contributed by atoms with Crippen LogP contribution in [-0.2, 0) is 18.3 Å². The van der Waals surface area contributed by atoms with Crippen LogP contribution in [0.5, 0.6) is 0 Å². The lowest BCUT2D eigenvalue weighted by atomic mass is 10.2. The van der Waals surface area contributed by atoms with Gasteiger partial charge in [0.15, 0.2) is 15.9 Å². The van der Waals surface area contributed by atoms with Gasteiger partial charge in [-0.3, -0.25) is 9.20 Å². The van der Waals surface area contributed by atoms with Gasteiger partial charge in [-0.1, -0.05) is 30.0 Å². The molecule has 0 spiro atoms. The molecule has 1 aliphatic rings. The van der Waals surface area contributed by atoms with E-state index < -0.39 is 0 Å². The molecule has 7 nitrogen and oxygen atoms in total. The molecule has 142 valence electrons. The average Bonchev–Trinajstić information content (AvgIpc) is 3.44. The number of hydrogen-bond donors (Lipinski definition) is 0. The second kappa shape index (κ2) is 6.75. The average molecular weight is 411 g/mol. The van der Waals surface area contributed by atoms with Gasteiger partial charge in [-0.15, -0.1) is 21.5 Å². The van der Waals surface area contributed by atoms with Crippen LogP contribution in [0, 0.1) is 6.92 Å². The lowest BCUT2D eigenvalue weighted by Crippen LogP contribution is -2.30. The summed E-state index contributed by atoms with van der Waals surface area (Å²) in [5.74, 6) is 1.18. The van der Waals surface area contributed by atoms with Crippen LogP contribution in [0.15, 0.2) is 41.0 Å². The van der Waals surface area contributed by atoms with Crippen LogP contribution in [0.4, 0.5) is 5.69 Å². The predicted octanol–water partition coefficient (Wildman–Crippen LogP) is 3.18. The zero-order valence-corrected chi connectivity index (χ0v) is 17.1. The molecular weight excluding hydrogens is 392 g/mol. The number of hydrogen-bond acceptors (Lipinski definition) is 6. The minimum atomic E-state index is 0.0975. The van der Waals surface area contributed by atoms with Crippen LogP contribution >= 0.6 is 23.1 Å². The van der Waals surface area contributed by atoms with E-state index in [0.717, 1.165) is 46.0 Å². The van der Waals surface area contributed by atoms with Gasteiger partial charge < -0.3 is 9.47 Å². The van der Waals surface area contributed by atoms with Gasteiger partial charge in [0.05, 0.1) is 11.4 Å². The summed E-state index contributed by atoms with van der Waals surface area (Å²) >= 11 is 3.01. The normalized spacial score (nSPS) is 13.4. The van der Waals surface area contributed by atoms with E-state index in [1.807, 2.05) is 57.6 Å². The van der Waals surface area contributed by atoms with Crippen molar-refractivity contribution < 1.29 is 4.79 Å². The number of amides is 1. The number of nitrogens with zero attached hydrogens (tertiary/aromatic N) is 6. The molecule has 0 bridgehead atoms. The molecule has 0 unspecified atom stereocenters. The van der Waals surface area contributed by atoms with Crippen LogP contribution in [0.3, 0.4) is 0 Å². The Labute approximate surface area is 170 Å². The zero-order valence-electron chi connectivity index (χ0n) is 15.5. The largest absolute Gasteiger partial charge is 0.311 e. The number of imidazole rings is 1. The quantitative estimate of drug-likeness (QED) is 0.484. The summed E-state index contributed by atoms with van der Waals surface area (Å²) in [6, 6.07) is 8.10. The van der Waals surface area contributed by atoms with Gasteiger partial charge in [0.2, 0.25) is 5.91 Å². The summed E-state index contributed by atoms with van der Waals surface area (Å²) in [5.41, 5.74) is 4.13. The first-order chi connectivity index (χ1) is 13.6. The first-order valence-electron chi connectivity index (χ1n) is 8.96. The molecule has 1 aromatic carbocycles. The van der Waals surface area contributed by atoms with Crippen molar-refractivity contribution in [3.8, 4) is 11.5 Å². The molecule has 0 atom stereocenters. The van der Waals surface area contributed by atoms with Crippen molar-refractivity contribution in [3.05, 3.63) is 47.1 Å². The fraction of sp³-hybridized carbons (Fsp3) is 0.263. The maximum absolute atomic E-state index is 12.8. The van der Waals surface area contributed by atoms with E-state index in [1.165, 1.54) is 17.3 Å². The molecule has 0 radical (unpaired) electrons. The minimum absolute atomic E-state index is 0.0975. The number of aromatic nitrogens is 5. The Bertz CT molecular complexity index is 1190. The lowest BCUT2D eigenvalue weighted by molar-refractivity contribution is -0.116. The monoisotopic (exact) mass is 410 g/mol. The summed E-state index contributed by atoms with van der Waals surface area (Å²) in [6.45, 7) is 2.72. The zero-order chi connectivity index (χ0) is 19.3. The minimum Gasteiger partial charge on any atom is -0.311 e. The molecule has 0 saturated heterocycles. The lowest BCUT2D eigenvalue weighted by Gasteiger charge is -2.16. The van der Waals surface area contributed by atoms with E-state index in [9.17, 15) is 4.79 Å². The Kier molecular flexibility index (Phi) is 4.21. The molecule has 3 aromatic heterocycles. The number of thioether (sulfide) groups is 1. The number of benzene rings is 1. The molecule has 1 aliphatic heterocycles. The van der Waals surface area contributed by atoms with Gasteiger partial charge in [0.1, 0.15) is 5.69 Å². The Morgan fingerprint density at radius 2 is 2.14 bits per heavy atom. The van der Waals surface area contributed by atoms with E-state index in [0.29, 0.717) is 5.75 Å². The number of carbonyl (C=O) groups is 1. The van der Waals surface area contributed by atoms with Gasteiger partial charge in [0.25, 0.3) is 0 Å². The molecule has 0 N–H and O–H groups in total. The highest BCUT2D eigenvalue weighted by Gasteiger charge is 2.25. The molecule has 5 rings (SSSR count). The molecule has 0 aliphatic carbocycles. The van der Waals surface area contributed by atoms with Crippen molar-refractivity contribution >= 4 is 39.7 Å². The summed E-state index contributed by atoms with van der Waals surface area (Å²) in [5, 5.41) is 11.4. The number of fused-ring (bicyclic) bond motifs is 2. The molecule has 0 fully saturated rings. The van der Waals surface area contributed by atoms with Gasteiger partial charge >= 0.3 is 0 Å².